The van der Waals surface area contributed by atoms with Gasteiger partial charge in [-0.25, -0.2) is 4.79 Å². The highest BCUT2D eigenvalue weighted by atomic mass is 32.1. The van der Waals surface area contributed by atoms with Crippen molar-refractivity contribution in [1.82, 2.24) is 9.80 Å². The van der Waals surface area contributed by atoms with Crippen molar-refractivity contribution < 1.29 is 4.42 Å². The molecule has 0 bridgehead atoms. The first-order chi connectivity index (χ1) is 14.0. The van der Waals surface area contributed by atoms with Crippen molar-refractivity contribution in [3.8, 4) is 0 Å². The molecule has 3 aromatic rings. The third-order valence-electron chi connectivity index (χ3n) is 5.39. The number of hydrogen-bond acceptors (Lipinski definition) is 4. The molecular formula is C23H25N3O2S. The van der Waals surface area contributed by atoms with Crippen LogP contribution in [-0.4, -0.2) is 41.1 Å². The predicted octanol–water partition coefficient (Wildman–Crippen LogP) is 3.92. The van der Waals surface area contributed by atoms with Crippen LogP contribution >= 0.6 is 12.2 Å². The minimum atomic E-state index is -0.334. The van der Waals surface area contributed by atoms with Gasteiger partial charge in [-0.05, 0) is 49.3 Å². The first-order valence-corrected chi connectivity index (χ1v) is 10.3. The van der Waals surface area contributed by atoms with Crippen LogP contribution in [0.1, 0.15) is 16.7 Å². The minimum absolute atomic E-state index is 0.334. The van der Waals surface area contributed by atoms with Gasteiger partial charge in [-0.15, -0.1) is 0 Å². The SMILES string of the molecule is Cc1ccc(CN2CCN(C(=S)Nc3ccc4c(C)cc(=O)oc4c3)CC2)cc1. The number of anilines is 1. The summed E-state index contributed by atoms with van der Waals surface area (Å²) < 4.78 is 5.33. The number of thiocarbonyl (C=S) groups is 1. The van der Waals surface area contributed by atoms with Gasteiger partial charge in [0.15, 0.2) is 5.11 Å². The monoisotopic (exact) mass is 407 g/mol. The van der Waals surface area contributed by atoms with Gasteiger partial charge >= 0.3 is 5.63 Å². The Bertz CT molecular complexity index is 1080. The number of nitrogens with one attached hydrogen (secondary N) is 1. The summed E-state index contributed by atoms with van der Waals surface area (Å²) in [5.74, 6) is 0. The molecule has 4 rings (SSSR count). The first-order valence-electron chi connectivity index (χ1n) is 9.86. The van der Waals surface area contributed by atoms with Crippen molar-refractivity contribution >= 4 is 34.0 Å². The van der Waals surface area contributed by atoms with E-state index >= 15 is 0 Å². The average Bonchev–Trinajstić information content (AvgIpc) is 2.70. The van der Waals surface area contributed by atoms with Gasteiger partial charge in [0.05, 0.1) is 0 Å². The normalized spacial score (nSPS) is 14.9. The lowest BCUT2D eigenvalue weighted by molar-refractivity contribution is 0.177. The molecular weight excluding hydrogens is 382 g/mol. The highest BCUT2D eigenvalue weighted by molar-refractivity contribution is 7.80. The molecule has 6 heteroatoms. The van der Waals surface area contributed by atoms with Crippen LogP contribution in [0.25, 0.3) is 11.0 Å². The summed E-state index contributed by atoms with van der Waals surface area (Å²) >= 11 is 5.62. The summed E-state index contributed by atoms with van der Waals surface area (Å²) in [6.45, 7) is 8.72. The smallest absolute Gasteiger partial charge is 0.336 e. The van der Waals surface area contributed by atoms with E-state index in [4.69, 9.17) is 16.6 Å². The van der Waals surface area contributed by atoms with Crippen molar-refractivity contribution in [3.63, 3.8) is 0 Å². The van der Waals surface area contributed by atoms with E-state index in [0.717, 1.165) is 49.4 Å². The minimum Gasteiger partial charge on any atom is -0.423 e. The zero-order valence-electron chi connectivity index (χ0n) is 16.8. The predicted molar refractivity (Wildman–Crippen MR) is 121 cm³/mol. The van der Waals surface area contributed by atoms with Crippen LogP contribution < -0.4 is 10.9 Å². The molecule has 1 aromatic heterocycles. The van der Waals surface area contributed by atoms with E-state index in [0.29, 0.717) is 10.7 Å². The number of piperazine rings is 1. The van der Waals surface area contributed by atoms with E-state index < -0.39 is 0 Å². The second-order valence-electron chi connectivity index (χ2n) is 7.64. The zero-order valence-corrected chi connectivity index (χ0v) is 17.6. The van der Waals surface area contributed by atoms with Gasteiger partial charge in [0, 0.05) is 55.9 Å². The highest BCUT2D eigenvalue weighted by Gasteiger charge is 2.19. The lowest BCUT2D eigenvalue weighted by Gasteiger charge is -2.36. The van der Waals surface area contributed by atoms with Crippen molar-refractivity contribution in [2.75, 3.05) is 31.5 Å². The molecule has 150 valence electrons. The summed E-state index contributed by atoms with van der Waals surface area (Å²) in [6.07, 6.45) is 0. The Hall–Kier alpha value is -2.70. The van der Waals surface area contributed by atoms with E-state index in [2.05, 4.69) is 46.3 Å². The second-order valence-corrected chi connectivity index (χ2v) is 8.03. The van der Waals surface area contributed by atoms with Crippen LogP contribution in [0.15, 0.2) is 57.7 Å². The summed E-state index contributed by atoms with van der Waals surface area (Å²) in [5, 5.41) is 4.93. The zero-order chi connectivity index (χ0) is 20.4. The van der Waals surface area contributed by atoms with Crippen molar-refractivity contribution in [3.05, 3.63) is 75.6 Å². The molecule has 0 saturated carbocycles. The molecule has 1 fully saturated rings. The average molecular weight is 408 g/mol. The van der Waals surface area contributed by atoms with Crippen LogP contribution in [0, 0.1) is 13.8 Å². The van der Waals surface area contributed by atoms with Crippen molar-refractivity contribution in [2.24, 2.45) is 0 Å². The first kappa shape index (κ1) is 19.6. The van der Waals surface area contributed by atoms with E-state index in [1.54, 1.807) is 0 Å². The standard InChI is InChI=1S/C23H25N3O2S/c1-16-3-5-18(6-4-16)15-25-9-11-26(12-10-25)23(29)24-19-7-8-20-17(2)13-22(27)28-21(20)14-19/h3-8,13-14H,9-12,15H2,1-2H3,(H,24,29). The summed E-state index contributed by atoms with van der Waals surface area (Å²) in [4.78, 5) is 16.3. The van der Waals surface area contributed by atoms with Gasteiger partial charge in [0.1, 0.15) is 5.58 Å². The van der Waals surface area contributed by atoms with Crippen LogP contribution in [0.4, 0.5) is 5.69 Å². The third kappa shape index (κ3) is 4.66. The van der Waals surface area contributed by atoms with Gasteiger partial charge in [-0.1, -0.05) is 29.8 Å². The second kappa shape index (κ2) is 8.35. The van der Waals surface area contributed by atoms with Crippen LogP contribution in [0.2, 0.25) is 0 Å². The maximum absolute atomic E-state index is 11.6. The maximum Gasteiger partial charge on any atom is 0.336 e. The molecule has 2 heterocycles. The number of rotatable bonds is 3. The lowest BCUT2D eigenvalue weighted by atomic mass is 10.1. The molecule has 1 N–H and O–H groups in total. The fourth-order valence-electron chi connectivity index (χ4n) is 3.67. The van der Waals surface area contributed by atoms with Crippen LogP contribution in [0.5, 0.6) is 0 Å². The number of fused-ring (bicyclic) bond motifs is 1. The highest BCUT2D eigenvalue weighted by Crippen LogP contribution is 2.21. The van der Waals surface area contributed by atoms with E-state index in [1.807, 2.05) is 25.1 Å². The van der Waals surface area contributed by atoms with E-state index in [-0.39, 0.29) is 5.63 Å². The van der Waals surface area contributed by atoms with Crippen LogP contribution in [0.3, 0.4) is 0 Å². The Balaban J connectivity index is 1.35. The topological polar surface area (TPSA) is 48.7 Å². The number of aryl methyl sites for hydroxylation is 2. The third-order valence-corrected chi connectivity index (χ3v) is 5.75. The molecule has 0 unspecified atom stereocenters. The van der Waals surface area contributed by atoms with E-state index in [9.17, 15) is 4.79 Å². The van der Waals surface area contributed by atoms with Crippen molar-refractivity contribution in [1.29, 1.82) is 0 Å². The number of benzene rings is 2. The van der Waals surface area contributed by atoms with Gasteiger partial charge in [-0.3, -0.25) is 4.90 Å². The summed E-state index contributed by atoms with van der Waals surface area (Å²) in [6, 6.07) is 16.0. The largest absolute Gasteiger partial charge is 0.423 e. The number of hydrogen-bond donors (Lipinski definition) is 1. The van der Waals surface area contributed by atoms with Gasteiger partial charge in [-0.2, -0.15) is 0 Å². The molecule has 0 spiro atoms. The quantitative estimate of drug-likeness (QED) is 0.525. The Morgan fingerprint density at radius 2 is 1.76 bits per heavy atom. The van der Waals surface area contributed by atoms with E-state index in [1.165, 1.54) is 17.2 Å². The van der Waals surface area contributed by atoms with Gasteiger partial charge < -0.3 is 14.6 Å². The molecule has 1 saturated heterocycles. The molecule has 0 radical (unpaired) electrons. The summed E-state index contributed by atoms with van der Waals surface area (Å²) in [5.41, 5.74) is 4.62. The Kier molecular flexibility index (Phi) is 5.65. The Labute approximate surface area is 175 Å². The lowest BCUT2D eigenvalue weighted by Crippen LogP contribution is -2.49. The molecule has 0 atom stereocenters. The summed E-state index contributed by atoms with van der Waals surface area (Å²) in [7, 11) is 0. The molecule has 1 aliphatic rings. The van der Waals surface area contributed by atoms with Crippen LogP contribution in [-0.2, 0) is 6.54 Å². The molecule has 0 amide bonds. The molecule has 0 aliphatic carbocycles. The van der Waals surface area contributed by atoms with Crippen molar-refractivity contribution in [2.45, 2.75) is 20.4 Å². The molecule has 2 aromatic carbocycles. The maximum atomic E-state index is 11.6. The number of nitrogens with zero attached hydrogens (tertiary/aromatic N) is 2. The molecule has 29 heavy (non-hydrogen) atoms. The Morgan fingerprint density at radius 3 is 2.48 bits per heavy atom. The fourth-order valence-corrected chi connectivity index (χ4v) is 3.97. The molecule has 1 aliphatic heterocycles. The van der Waals surface area contributed by atoms with Gasteiger partial charge in [0.2, 0.25) is 0 Å². The molecule has 5 nitrogen and oxygen atoms in total. The van der Waals surface area contributed by atoms with Gasteiger partial charge in [0.25, 0.3) is 0 Å². The fraction of sp³-hybridized carbons (Fsp3) is 0.304. The Morgan fingerprint density at radius 1 is 1.03 bits per heavy atom.